The molecule has 2 heterocycles. The first-order valence-electron chi connectivity index (χ1n) is 11.4. The number of benzene rings is 1. The summed E-state index contributed by atoms with van der Waals surface area (Å²) in [5, 5.41) is 0. The number of hydrogen-bond donors (Lipinski definition) is 0. The van der Waals surface area contributed by atoms with E-state index in [2.05, 4.69) is 6.07 Å². The number of nitrogens with zero attached hydrogens (tertiary/aromatic N) is 2. The van der Waals surface area contributed by atoms with E-state index in [0.29, 0.717) is 25.5 Å². The van der Waals surface area contributed by atoms with Crippen molar-refractivity contribution in [3.8, 4) is 5.75 Å². The molecule has 4 rings (SSSR count). The molecule has 0 radical (unpaired) electrons. The van der Waals surface area contributed by atoms with E-state index < -0.39 is 0 Å². The van der Waals surface area contributed by atoms with E-state index in [4.69, 9.17) is 9.47 Å². The van der Waals surface area contributed by atoms with Gasteiger partial charge in [-0.2, -0.15) is 0 Å². The van der Waals surface area contributed by atoms with Gasteiger partial charge in [0.25, 0.3) is 0 Å². The molecule has 0 unspecified atom stereocenters. The van der Waals surface area contributed by atoms with Crippen molar-refractivity contribution < 1.29 is 19.1 Å². The van der Waals surface area contributed by atoms with Crippen molar-refractivity contribution in [2.45, 2.75) is 51.5 Å². The Bertz CT molecular complexity index is 755. The molecule has 1 saturated carbocycles. The number of amides is 2. The van der Waals surface area contributed by atoms with Crippen LogP contribution in [0.25, 0.3) is 0 Å². The highest BCUT2D eigenvalue weighted by molar-refractivity contribution is 5.85. The Morgan fingerprint density at radius 3 is 2.70 bits per heavy atom. The van der Waals surface area contributed by atoms with Gasteiger partial charge in [-0.15, -0.1) is 0 Å². The van der Waals surface area contributed by atoms with Crippen molar-refractivity contribution in [1.82, 2.24) is 9.80 Å². The number of rotatable bonds is 2. The molecular formula is C24H34N2O4. The molecule has 1 aliphatic carbocycles. The third kappa shape index (κ3) is 5.15. The second kappa shape index (κ2) is 9.38. The summed E-state index contributed by atoms with van der Waals surface area (Å²) in [5.41, 5.74) is 0.749. The number of carbonyl (C=O) groups excluding carboxylic acids is 2. The standard InChI is InChI=1S/C24H34N2O4/c1-25-11-2-3-12-26(22(27)16-19-7-13-29-14-8-19)17-20-5-4-6-21(15-20)30-18-24(9-10-24)23(25)28/h4-6,15,19H,2-3,7-14,16-18H2,1H3. The predicted molar refractivity (Wildman–Crippen MR) is 114 cm³/mol. The van der Waals surface area contributed by atoms with Crippen molar-refractivity contribution in [2.75, 3.05) is 40.0 Å². The van der Waals surface area contributed by atoms with Gasteiger partial charge in [0.15, 0.2) is 0 Å². The first-order chi connectivity index (χ1) is 14.6. The number of hydrogen-bond acceptors (Lipinski definition) is 4. The molecule has 2 aliphatic heterocycles. The van der Waals surface area contributed by atoms with E-state index >= 15 is 0 Å². The Balaban J connectivity index is 1.47. The lowest BCUT2D eigenvalue weighted by Crippen LogP contribution is -2.38. The minimum atomic E-state index is -0.333. The third-order valence-corrected chi connectivity index (χ3v) is 6.77. The number of ether oxygens (including phenoxy) is 2. The Labute approximate surface area is 179 Å². The molecule has 6 heteroatoms. The SMILES string of the molecule is CN1CCCCN(C(=O)CC2CCOCC2)Cc2cccc(c2)OCC2(CC2)C1=O. The van der Waals surface area contributed by atoms with Crippen LogP contribution in [0.1, 0.15) is 50.5 Å². The third-order valence-electron chi connectivity index (χ3n) is 6.77. The molecule has 30 heavy (non-hydrogen) atoms. The van der Waals surface area contributed by atoms with Crippen LogP contribution in [0.2, 0.25) is 0 Å². The van der Waals surface area contributed by atoms with Crippen LogP contribution >= 0.6 is 0 Å². The minimum absolute atomic E-state index is 0.197. The van der Waals surface area contributed by atoms with Crippen LogP contribution in [-0.4, -0.2) is 61.6 Å². The highest BCUT2D eigenvalue weighted by Crippen LogP contribution is 2.47. The van der Waals surface area contributed by atoms with Gasteiger partial charge in [0.2, 0.25) is 11.8 Å². The molecule has 0 atom stereocenters. The van der Waals surface area contributed by atoms with E-state index in [0.717, 1.165) is 76.1 Å². The lowest BCUT2D eigenvalue weighted by molar-refractivity contribution is -0.137. The zero-order chi connectivity index (χ0) is 21.0. The fourth-order valence-electron chi connectivity index (χ4n) is 4.52. The van der Waals surface area contributed by atoms with Gasteiger partial charge in [0.05, 0.1) is 5.41 Å². The second-order valence-corrected chi connectivity index (χ2v) is 9.23. The van der Waals surface area contributed by atoms with E-state index in [1.54, 1.807) is 0 Å². The molecule has 1 aromatic carbocycles. The molecule has 164 valence electrons. The molecule has 2 amide bonds. The van der Waals surface area contributed by atoms with E-state index in [-0.39, 0.29) is 17.2 Å². The maximum absolute atomic E-state index is 13.1. The molecule has 2 fully saturated rings. The van der Waals surface area contributed by atoms with Crippen molar-refractivity contribution in [3.63, 3.8) is 0 Å². The Kier molecular flexibility index (Phi) is 6.61. The number of carbonyl (C=O) groups is 2. The normalized spacial score (nSPS) is 23.0. The van der Waals surface area contributed by atoms with Gasteiger partial charge in [-0.1, -0.05) is 12.1 Å². The summed E-state index contributed by atoms with van der Waals surface area (Å²) < 4.78 is 11.5. The summed E-state index contributed by atoms with van der Waals surface area (Å²) in [6.07, 6.45) is 6.16. The Hall–Kier alpha value is -2.08. The smallest absolute Gasteiger partial charge is 0.231 e. The summed E-state index contributed by atoms with van der Waals surface area (Å²) in [4.78, 5) is 29.8. The fraction of sp³-hybridized carbons (Fsp3) is 0.667. The molecule has 1 saturated heterocycles. The van der Waals surface area contributed by atoms with Crippen LogP contribution in [0.5, 0.6) is 5.75 Å². The minimum Gasteiger partial charge on any atom is -0.492 e. The molecule has 1 aromatic rings. The van der Waals surface area contributed by atoms with Crippen LogP contribution in [0.15, 0.2) is 24.3 Å². The Morgan fingerprint density at radius 1 is 1.17 bits per heavy atom. The molecule has 3 aliphatic rings. The maximum Gasteiger partial charge on any atom is 0.231 e. The van der Waals surface area contributed by atoms with E-state index in [1.807, 2.05) is 35.0 Å². The highest BCUT2D eigenvalue weighted by Gasteiger charge is 2.52. The van der Waals surface area contributed by atoms with Crippen LogP contribution in [0.3, 0.4) is 0 Å². The molecule has 0 N–H and O–H groups in total. The largest absolute Gasteiger partial charge is 0.492 e. The van der Waals surface area contributed by atoms with Gasteiger partial charge in [-0.25, -0.2) is 0 Å². The topological polar surface area (TPSA) is 59.1 Å². The quantitative estimate of drug-likeness (QED) is 0.745. The van der Waals surface area contributed by atoms with Gasteiger partial charge in [-0.3, -0.25) is 9.59 Å². The number of fused-ring (bicyclic) bond motifs is 2. The van der Waals surface area contributed by atoms with Gasteiger partial charge >= 0.3 is 0 Å². The first-order valence-corrected chi connectivity index (χ1v) is 11.4. The zero-order valence-electron chi connectivity index (χ0n) is 18.1. The highest BCUT2D eigenvalue weighted by atomic mass is 16.5. The van der Waals surface area contributed by atoms with Crippen molar-refractivity contribution in [3.05, 3.63) is 29.8 Å². The molecule has 6 nitrogen and oxygen atoms in total. The first kappa shape index (κ1) is 21.2. The van der Waals surface area contributed by atoms with Crippen molar-refractivity contribution >= 4 is 11.8 Å². The summed E-state index contributed by atoms with van der Waals surface area (Å²) in [6.45, 7) is 4.03. The van der Waals surface area contributed by atoms with Crippen LogP contribution in [0, 0.1) is 11.3 Å². The van der Waals surface area contributed by atoms with Crippen molar-refractivity contribution in [2.24, 2.45) is 11.3 Å². The fourth-order valence-corrected chi connectivity index (χ4v) is 4.52. The molecule has 0 aromatic heterocycles. The zero-order valence-corrected chi connectivity index (χ0v) is 18.1. The van der Waals surface area contributed by atoms with Gasteiger partial charge in [0, 0.05) is 46.3 Å². The van der Waals surface area contributed by atoms with E-state index in [1.165, 1.54) is 0 Å². The second-order valence-electron chi connectivity index (χ2n) is 9.23. The molecular weight excluding hydrogens is 380 g/mol. The lowest BCUT2D eigenvalue weighted by atomic mass is 9.95. The Morgan fingerprint density at radius 2 is 1.93 bits per heavy atom. The average molecular weight is 415 g/mol. The summed E-state index contributed by atoms with van der Waals surface area (Å²) >= 11 is 0. The van der Waals surface area contributed by atoms with Gasteiger partial charge < -0.3 is 19.3 Å². The van der Waals surface area contributed by atoms with Crippen LogP contribution in [0.4, 0.5) is 0 Å². The summed E-state index contributed by atoms with van der Waals surface area (Å²) in [5.74, 6) is 1.63. The molecule has 2 bridgehead atoms. The van der Waals surface area contributed by atoms with Gasteiger partial charge in [-0.05, 0) is 62.1 Å². The van der Waals surface area contributed by atoms with Crippen molar-refractivity contribution in [1.29, 1.82) is 0 Å². The van der Waals surface area contributed by atoms with Crippen LogP contribution in [-0.2, 0) is 20.9 Å². The maximum atomic E-state index is 13.1. The summed E-state index contributed by atoms with van der Waals surface area (Å²) in [6, 6.07) is 7.99. The van der Waals surface area contributed by atoms with Gasteiger partial charge in [0.1, 0.15) is 12.4 Å². The average Bonchev–Trinajstić information content (AvgIpc) is 3.55. The monoisotopic (exact) mass is 414 g/mol. The molecule has 1 spiro atoms. The lowest BCUT2D eigenvalue weighted by Gasteiger charge is -2.28. The summed E-state index contributed by atoms with van der Waals surface area (Å²) in [7, 11) is 1.89. The van der Waals surface area contributed by atoms with Crippen LogP contribution < -0.4 is 4.74 Å². The predicted octanol–water partition coefficient (Wildman–Crippen LogP) is 3.24. The van der Waals surface area contributed by atoms with E-state index in [9.17, 15) is 9.59 Å².